The molecule has 108 valence electrons. The van der Waals surface area contributed by atoms with Crippen LogP contribution < -0.4 is 15.8 Å². The highest BCUT2D eigenvalue weighted by Gasteiger charge is 2.45. The number of guanidine groups is 1. The third-order valence-electron chi connectivity index (χ3n) is 3.51. The number of hydrogen-bond acceptors (Lipinski definition) is 5. The lowest BCUT2D eigenvalue weighted by molar-refractivity contribution is -0.124. The highest BCUT2D eigenvalue weighted by atomic mass is 16.5. The van der Waals surface area contributed by atoms with Crippen molar-refractivity contribution in [3.63, 3.8) is 0 Å². The summed E-state index contributed by atoms with van der Waals surface area (Å²) >= 11 is 0. The summed E-state index contributed by atoms with van der Waals surface area (Å²) < 4.78 is 10.5. The number of carbonyl (C=O) groups excluding carboxylic acids is 1. The van der Waals surface area contributed by atoms with E-state index < -0.39 is 5.54 Å². The Labute approximate surface area is 121 Å². The second-order valence-corrected chi connectivity index (χ2v) is 4.80. The lowest BCUT2D eigenvalue weighted by Gasteiger charge is -2.23. The second-order valence-electron chi connectivity index (χ2n) is 4.80. The number of aliphatic imine (C=N–C) groups is 1. The van der Waals surface area contributed by atoms with Gasteiger partial charge >= 0.3 is 0 Å². The van der Waals surface area contributed by atoms with E-state index in [-0.39, 0.29) is 11.9 Å². The topological polar surface area (TPSA) is 89.8 Å². The fourth-order valence-electron chi connectivity index (χ4n) is 2.45. The molecule has 0 saturated carbocycles. The number of rotatable bonds is 4. The van der Waals surface area contributed by atoms with E-state index in [9.17, 15) is 4.79 Å². The molecule has 0 bridgehead atoms. The average Bonchev–Trinajstić information content (AvgIpc) is 3.08. The van der Waals surface area contributed by atoms with Crippen molar-refractivity contribution >= 4 is 11.9 Å². The van der Waals surface area contributed by atoms with Gasteiger partial charge in [-0.2, -0.15) is 0 Å². The highest BCUT2D eigenvalue weighted by molar-refractivity contribution is 6.07. The Kier molecular flexibility index (Phi) is 3.13. The molecule has 2 aromatic rings. The molecule has 1 aromatic heterocycles. The Morgan fingerprint density at radius 2 is 2.10 bits per heavy atom. The summed E-state index contributed by atoms with van der Waals surface area (Å²) in [4.78, 5) is 16.7. The Bertz CT molecular complexity index is 677. The molecule has 0 radical (unpaired) electrons. The summed E-state index contributed by atoms with van der Waals surface area (Å²) in [6, 6.07) is 10.8. The predicted molar refractivity (Wildman–Crippen MR) is 76.8 cm³/mol. The van der Waals surface area contributed by atoms with E-state index in [1.54, 1.807) is 31.6 Å². The number of nitrogens with two attached hydrogens (primary N) is 1. The van der Waals surface area contributed by atoms with Crippen molar-refractivity contribution in [3.8, 4) is 5.75 Å². The maximum absolute atomic E-state index is 12.4. The van der Waals surface area contributed by atoms with Gasteiger partial charge in [-0.3, -0.25) is 10.1 Å². The molecular weight excluding hydrogens is 270 g/mol. The lowest BCUT2D eigenvalue weighted by atomic mass is 9.86. The zero-order valence-corrected chi connectivity index (χ0v) is 11.5. The van der Waals surface area contributed by atoms with Crippen molar-refractivity contribution in [3.05, 3.63) is 54.0 Å². The van der Waals surface area contributed by atoms with E-state index in [1.807, 2.05) is 18.2 Å². The molecule has 0 spiro atoms. The van der Waals surface area contributed by atoms with Crippen LogP contribution in [0.15, 0.2) is 52.1 Å². The Morgan fingerprint density at radius 3 is 2.62 bits per heavy atom. The van der Waals surface area contributed by atoms with Gasteiger partial charge in [0, 0.05) is 6.42 Å². The molecule has 6 nitrogen and oxygen atoms in total. The van der Waals surface area contributed by atoms with Crippen LogP contribution in [0.3, 0.4) is 0 Å². The molecule has 1 amide bonds. The van der Waals surface area contributed by atoms with Crippen molar-refractivity contribution in [1.82, 2.24) is 5.32 Å². The number of benzene rings is 1. The van der Waals surface area contributed by atoms with Gasteiger partial charge in [0.15, 0.2) is 11.5 Å². The van der Waals surface area contributed by atoms with Crippen molar-refractivity contribution in [2.75, 3.05) is 7.11 Å². The zero-order chi connectivity index (χ0) is 14.9. The van der Waals surface area contributed by atoms with Crippen LogP contribution in [-0.4, -0.2) is 19.0 Å². The van der Waals surface area contributed by atoms with Crippen LogP contribution in [-0.2, 0) is 16.8 Å². The molecule has 3 rings (SSSR count). The molecule has 0 aliphatic carbocycles. The van der Waals surface area contributed by atoms with Crippen LogP contribution in [0.4, 0.5) is 0 Å². The summed E-state index contributed by atoms with van der Waals surface area (Å²) in [7, 11) is 1.59. The molecule has 0 saturated heterocycles. The van der Waals surface area contributed by atoms with E-state index in [4.69, 9.17) is 14.9 Å². The van der Waals surface area contributed by atoms with Crippen molar-refractivity contribution < 1.29 is 13.9 Å². The van der Waals surface area contributed by atoms with Gasteiger partial charge in [0.1, 0.15) is 11.5 Å². The molecule has 2 heterocycles. The van der Waals surface area contributed by atoms with Gasteiger partial charge in [-0.15, -0.1) is 0 Å². The molecule has 21 heavy (non-hydrogen) atoms. The Hall–Kier alpha value is -2.76. The largest absolute Gasteiger partial charge is 0.497 e. The van der Waals surface area contributed by atoms with Gasteiger partial charge in [-0.25, -0.2) is 4.99 Å². The van der Waals surface area contributed by atoms with Crippen LogP contribution in [0.1, 0.15) is 11.3 Å². The van der Waals surface area contributed by atoms with Gasteiger partial charge in [-0.1, -0.05) is 12.1 Å². The van der Waals surface area contributed by atoms with Gasteiger partial charge in [0.2, 0.25) is 0 Å². The van der Waals surface area contributed by atoms with Gasteiger partial charge in [0.05, 0.1) is 13.4 Å². The smallest absolute Gasteiger partial charge is 0.259 e. The van der Waals surface area contributed by atoms with Crippen LogP contribution in [0.25, 0.3) is 0 Å². The second kappa shape index (κ2) is 4.97. The third kappa shape index (κ3) is 2.24. The Balaban J connectivity index is 2.05. The summed E-state index contributed by atoms with van der Waals surface area (Å²) in [5.41, 5.74) is 5.32. The number of amides is 1. The fourth-order valence-corrected chi connectivity index (χ4v) is 2.45. The van der Waals surface area contributed by atoms with Gasteiger partial charge in [0.25, 0.3) is 5.91 Å². The number of nitrogens with zero attached hydrogens (tertiary/aromatic N) is 1. The standard InChI is InChI=1S/C15H15N3O3/c1-20-11-6-4-10(5-7-11)15(9-12-3-2-8-21-12)13(19)17-14(16)18-15/h2-8H,9H2,1H3,(H3,16,17,18,19). The third-order valence-corrected chi connectivity index (χ3v) is 3.51. The maximum atomic E-state index is 12.4. The minimum atomic E-state index is -1.10. The quantitative estimate of drug-likeness (QED) is 0.882. The summed E-state index contributed by atoms with van der Waals surface area (Å²) in [5, 5.41) is 2.56. The number of furan rings is 1. The lowest BCUT2D eigenvalue weighted by Crippen LogP contribution is -2.40. The molecular formula is C15H15N3O3. The van der Waals surface area contributed by atoms with E-state index in [0.717, 1.165) is 5.56 Å². The van der Waals surface area contributed by atoms with Crippen LogP contribution >= 0.6 is 0 Å². The molecule has 0 fully saturated rings. The zero-order valence-electron chi connectivity index (χ0n) is 11.5. The number of methoxy groups -OCH3 is 1. The molecule has 6 heteroatoms. The first-order valence-corrected chi connectivity index (χ1v) is 6.48. The molecule has 3 N–H and O–H groups in total. The molecule has 1 aromatic carbocycles. The number of hydrogen-bond donors (Lipinski definition) is 2. The van der Waals surface area contributed by atoms with Crippen LogP contribution in [0.5, 0.6) is 5.75 Å². The molecule has 1 aliphatic heterocycles. The summed E-state index contributed by atoms with van der Waals surface area (Å²) in [6.45, 7) is 0. The van der Waals surface area contributed by atoms with Gasteiger partial charge in [-0.05, 0) is 29.8 Å². The van der Waals surface area contributed by atoms with E-state index in [1.165, 1.54) is 0 Å². The Morgan fingerprint density at radius 1 is 1.33 bits per heavy atom. The first kappa shape index (κ1) is 13.2. The van der Waals surface area contributed by atoms with E-state index in [2.05, 4.69) is 10.3 Å². The molecule has 1 aliphatic rings. The van der Waals surface area contributed by atoms with Crippen LogP contribution in [0.2, 0.25) is 0 Å². The van der Waals surface area contributed by atoms with Gasteiger partial charge < -0.3 is 14.9 Å². The summed E-state index contributed by atoms with van der Waals surface area (Å²) in [6.07, 6.45) is 1.87. The average molecular weight is 285 g/mol. The van der Waals surface area contributed by atoms with E-state index >= 15 is 0 Å². The highest BCUT2D eigenvalue weighted by Crippen LogP contribution is 2.34. The fraction of sp³-hybridized carbons (Fsp3) is 0.200. The predicted octanol–water partition coefficient (Wildman–Crippen LogP) is 1.17. The number of nitrogens with one attached hydrogen (secondary N) is 1. The normalized spacial score (nSPS) is 21.0. The van der Waals surface area contributed by atoms with E-state index in [0.29, 0.717) is 17.9 Å². The maximum Gasteiger partial charge on any atom is 0.259 e. The SMILES string of the molecule is COc1ccc(C2(Cc3ccco3)N=C(N)NC2=O)cc1. The number of ether oxygens (including phenoxy) is 1. The van der Waals surface area contributed by atoms with Crippen LogP contribution in [0, 0.1) is 0 Å². The van der Waals surface area contributed by atoms with Crippen molar-refractivity contribution in [2.24, 2.45) is 10.7 Å². The monoisotopic (exact) mass is 285 g/mol. The first-order chi connectivity index (χ1) is 10.1. The first-order valence-electron chi connectivity index (χ1n) is 6.48. The minimum absolute atomic E-state index is 0.113. The minimum Gasteiger partial charge on any atom is -0.497 e. The molecule has 1 atom stereocenters. The molecule has 1 unspecified atom stereocenters. The van der Waals surface area contributed by atoms with Crippen molar-refractivity contribution in [2.45, 2.75) is 12.0 Å². The number of carbonyl (C=O) groups is 1. The summed E-state index contributed by atoms with van der Waals surface area (Å²) in [5.74, 6) is 1.23. The van der Waals surface area contributed by atoms with Crippen molar-refractivity contribution in [1.29, 1.82) is 0 Å².